The van der Waals surface area contributed by atoms with E-state index in [0.29, 0.717) is 4.47 Å². The van der Waals surface area contributed by atoms with Gasteiger partial charge in [-0.2, -0.15) is 5.10 Å². The van der Waals surface area contributed by atoms with Gasteiger partial charge < -0.3 is 4.74 Å². The van der Waals surface area contributed by atoms with Crippen molar-refractivity contribution in [3.63, 3.8) is 0 Å². The molecule has 1 aromatic carbocycles. The van der Waals surface area contributed by atoms with Crippen LogP contribution in [0.2, 0.25) is 0 Å². The van der Waals surface area contributed by atoms with E-state index < -0.39 is 4.92 Å². The van der Waals surface area contributed by atoms with E-state index in [9.17, 15) is 10.1 Å². The lowest BCUT2D eigenvalue weighted by Gasteiger charge is -2.22. The molecule has 2 aromatic rings. The Morgan fingerprint density at radius 3 is 3.00 bits per heavy atom. The van der Waals surface area contributed by atoms with Crippen LogP contribution in [-0.4, -0.2) is 21.3 Å². The van der Waals surface area contributed by atoms with E-state index in [1.54, 1.807) is 10.7 Å². The summed E-state index contributed by atoms with van der Waals surface area (Å²) < 4.78 is 7.86. The zero-order valence-corrected chi connectivity index (χ0v) is 11.7. The van der Waals surface area contributed by atoms with Gasteiger partial charge in [-0.25, -0.2) is 4.68 Å². The maximum Gasteiger partial charge on any atom is 0.284 e. The number of rotatable bonds is 2. The molecule has 0 radical (unpaired) electrons. The van der Waals surface area contributed by atoms with Gasteiger partial charge in [0.1, 0.15) is 6.23 Å². The van der Waals surface area contributed by atoms with Crippen molar-refractivity contribution in [3.05, 3.63) is 32.9 Å². The Labute approximate surface area is 117 Å². The van der Waals surface area contributed by atoms with E-state index in [1.165, 1.54) is 6.07 Å². The maximum atomic E-state index is 10.9. The molecule has 0 aliphatic carbocycles. The lowest BCUT2D eigenvalue weighted by Crippen LogP contribution is -2.18. The van der Waals surface area contributed by atoms with E-state index >= 15 is 0 Å². The number of fused-ring (bicyclic) bond motifs is 1. The molecule has 7 heteroatoms. The number of hydrogen-bond donors (Lipinski definition) is 0. The molecule has 1 saturated heterocycles. The van der Waals surface area contributed by atoms with Crippen LogP contribution in [0.15, 0.2) is 22.8 Å². The molecule has 19 heavy (non-hydrogen) atoms. The van der Waals surface area contributed by atoms with Gasteiger partial charge in [0.15, 0.2) is 0 Å². The molecule has 1 atom stereocenters. The first-order valence-corrected chi connectivity index (χ1v) is 6.89. The molecule has 1 unspecified atom stereocenters. The third-order valence-corrected chi connectivity index (χ3v) is 3.87. The maximum absolute atomic E-state index is 10.9. The van der Waals surface area contributed by atoms with Crippen LogP contribution in [0.5, 0.6) is 0 Å². The van der Waals surface area contributed by atoms with Crippen LogP contribution in [0.1, 0.15) is 25.5 Å². The first-order chi connectivity index (χ1) is 9.15. The molecule has 0 spiro atoms. The van der Waals surface area contributed by atoms with Gasteiger partial charge in [0.2, 0.25) is 0 Å². The third kappa shape index (κ3) is 2.35. The number of nitro benzene ring substituents is 1. The number of aromatic nitrogens is 2. The molecule has 100 valence electrons. The molecular formula is C12H12BrN3O3. The predicted octanol–water partition coefficient (Wildman–Crippen LogP) is 3.41. The Balaban J connectivity index is 2.02. The van der Waals surface area contributed by atoms with Gasteiger partial charge in [0.05, 0.1) is 14.9 Å². The van der Waals surface area contributed by atoms with Crippen LogP contribution in [-0.2, 0) is 4.74 Å². The molecule has 0 saturated carbocycles. The van der Waals surface area contributed by atoms with Crippen molar-refractivity contribution in [2.45, 2.75) is 25.5 Å². The summed E-state index contributed by atoms with van der Waals surface area (Å²) in [5.41, 5.74) is 0.781. The Morgan fingerprint density at radius 1 is 1.47 bits per heavy atom. The summed E-state index contributed by atoms with van der Waals surface area (Å²) >= 11 is 3.20. The predicted molar refractivity (Wildman–Crippen MR) is 72.9 cm³/mol. The first-order valence-electron chi connectivity index (χ1n) is 6.09. The van der Waals surface area contributed by atoms with Crippen molar-refractivity contribution < 1.29 is 9.66 Å². The molecule has 0 amide bonds. The number of hydrogen-bond acceptors (Lipinski definition) is 4. The van der Waals surface area contributed by atoms with Crippen LogP contribution >= 0.6 is 15.9 Å². The summed E-state index contributed by atoms with van der Waals surface area (Å²) in [6.07, 6.45) is 4.88. The molecule has 1 fully saturated rings. The van der Waals surface area contributed by atoms with Crippen LogP contribution in [0.3, 0.4) is 0 Å². The topological polar surface area (TPSA) is 70.2 Å². The number of nitrogens with zero attached hydrogens (tertiary/aromatic N) is 3. The molecule has 0 N–H and O–H groups in total. The van der Waals surface area contributed by atoms with Crippen molar-refractivity contribution in [2.24, 2.45) is 0 Å². The first kappa shape index (κ1) is 12.6. The second kappa shape index (κ2) is 4.90. The second-order valence-corrected chi connectivity index (χ2v) is 5.40. The molecular weight excluding hydrogens is 314 g/mol. The van der Waals surface area contributed by atoms with E-state index in [2.05, 4.69) is 21.0 Å². The second-order valence-electron chi connectivity index (χ2n) is 4.55. The fraction of sp³-hybridized carbons (Fsp3) is 0.417. The highest BCUT2D eigenvalue weighted by Gasteiger charge is 2.19. The molecule has 1 aliphatic heterocycles. The zero-order valence-electron chi connectivity index (χ0n) is 10.1. The van der Waals surface area contributed by atoms with E-state index in [-0.39, 0.29) is 11.9 Å². The highest BCUT2D eigenvalue weighted by Crippen LogP contribution is 2.31. The Hall–Kier alpha value is -1.47. The van der Waals surface area contributed by atoms with Crippen molar-refractivity contribution in [1.29, 1.82) is 0 Å². The van der Waals surface area contributed by atoms with Crippen molar-refractivity contribution in [2.75, 3.05) is 6.61 Å². The van der Waals surface area contributed by atoms with E-state index in [1.807, 2.05) is 6.20 Å². The van der Waals surface area contributed by atoms with Crippen molar-refractivity contribution >= 4 is 32.5 Å². The number of nitro groups is 1. The zero-order chi connectivity index (χ0) is 13.4. The molecule has 0 bridgehead atoms. The molecule has 6 nitrogen and oxygen atoms in total. The normalized spacial score (nSPS) is 19.7. The fourth-order valence-electron chi connectivity index (χ4n) is 2.27. The van der Waals surface area contributed by atoms with Gasteiger partial charge in [-0.1, -0.05) is 0 Å². The molecule has 1 aliphatic rings. The lowest BCUT2D eigenvalue weighted by molar-refractivity contribution is -0.385. The molecule has 3 rings (SSSR count). The highest BCUT2D eigenvalue weighted by atomic mass is 79.9. The minimum absolute atomic E-state index is 0.0524. The summed E-state index contributed by atoms with van der Waals surface area (Å²) in [6, 6.07) is 3.21. The van der Waals surface area contributed by atoms with Crippen molar-refractivity contribution in [1.82, 2.24) is 9.78 Å². The highest BCUT2D eigenvalue weighted by molar-refractivity contribution is 9.10. The molecule has 2 heterocycles. The largest absolute Gasteiger partial charge is 0.357 e. The number of benzene rings is 1. The minimum atomic E-state index is -0.405. The summed E-state index contributed by atoms with van der Waals surface area (Å²) in [5, 5.41) is 16.1. The molecule has 1 aromatic heterocycles. The smallest absolute Gasteiger partial charge is 0.284 e. The standard InChI is InChI=1S/C12H12BrN3O3/c13-9-6-10-8(5-11(9)16(17)18)7-15(14-10)12-3-1-2-4-19-12/h5-7,12H,1-4H2. The summed E-state index contributed by atoms with van der Waals surface area (Å²) in [7, 11) is 0. The van der Waals surface area contributed by atoms with Crippen LogP contribution < -0.4 is 0 Å². The van der Waals surface area contributed by atoms with Gasteiger partial charge >= 0.3 is 0 Å². The Kier molecular flexibility index (Phi) is 3.24. The van der Waals surface area contributed by atoms with E-state index in [4.69, 9.17) is 4.74 Å². The summed E-state index contributed by atoms with van der Waals surface area (Å²) in [4.78, 5) is 10.5. The number of halogens is 1. The Bertz CT molecular complexity index is 634. The lowest BCUT2D eigenvalue weighted by atomic mass is 10.2. The van der Waals surface area contributed by atoms with E-state index in [0.717, 1.165) is 36.8 Å². The summed E-state index contributed by atoms with van der Waals surface area (Å²) in [6.45, 7) is 0.741. The van der Waals surface area contributed by atoms with Crippen LogP contribution in [0, 0.1) is 10.1 Å². The third-order valence-electron chi connectivity index (χ3n) is 3.24. The van der Waals surface area contributed by atoms with Crippen molar-refractivity contribution in [3.8, 4) is 0 Å². The van der Waals surface area contributed by atoms with Crippen LogP contribution in [0.4, 0.5) is 5.69 Å². The quantitative estimate of drug-likeness (QED) is 0.626. The van der Waals surface area contributed by atoms with Gasteiger partial charge in [-0.3, -0.25) is 10.1 Å². The minimum Gasteiger partial charge on any atom is -0.357 e. The van der Waals surface area contributed by atoms with Gasteiger partial charge in [0, 0.05) is 24.3 Å². The van der Waals surface area contributed by atoms with Crippen LogP contribution in [0.25, 0.3) is 10.9 Å². The average Bonchev–Trinajstić information content (AvgIpc) is 2.81. The van der Waals surface area contributed by atoms with Gasteiger partial charge in [-0.05, 0) is 41.3 Å². The fourth-order valence-corrected chi connectivity index (χ4v) is 2.75. The van der Waals surface area contributed by atoms with Gasteiger partial charge in [-0.15, -0.1) is 0 Å². The number of ether oxygens (including phenoxy) is 1. The Morgan fingerprint density at radius 2 is 2.32 bits per heavy atom. The summed E-state index contributed by atoms with van der Waals surface area (Å²) in [5.74, 6) is 0. The monoisotopic (exact) mass is 325 g/mol. The SMILES string of the molecule is O=[N+]([O-])c1cc2cn(C3CCCCO3)nc2cc1Br. The average molecular weight is 326 g/mol. The van der Waals surface area contributed by atoms with Gasteiger partial charge in [0.25, 0.3) is 5.69 Å².